The molecule has 0 radical (unpaired) electrons. The van der Waals surface area contributed by atoms with E-state index in [2.05, 4.69) is 43.4 Å². The lowest BCUT2D eigenvalue weighted by molar-refractivity contribution is -0.140. The average Bonchev–Trinajstić information content (AvgIpc) is 2.70. The van der Waals surface area contributed by atoms with Gasteiger partial charge in [-0.2, -0.15) is 0 Å². The van der Waals surface area contributed by atoms with Crippen molar-refractivity contribution in [3.05, 3.63) is 70.2 Å². The highest BCUT2D eigenvalue weighted by atomic mass is 35.5. The van der Waals surface area contributed by atoms with Gasteiger partial charge < -0.3 is 10.2 Å². The molecule has 2 amide bonds. The van der Waals surface area contributed by atoms with Crippen LogP contribution in [0, 0.1) is 0 Å². The number of nitrogens with zero attached hydrogens (tertiary/aromatic N) is 1. The van der Waals surface area contributed by atoms with Gasteiger partial charge in [-0.1, -0.05) is 67.9 Å². The first kappa shape index (κ1) is 23.9. The van der Waals surface area contributed by atoms with E-state index >= 15 is 0 Å². The first-order valence-electron chi connectivity index (χ1n) is 10.6. The van der Waals surface area contributed by atoms with Crippen molar-refractivity contribution < 1.29 is 9.59 Å². The minimum absolute atomic E-state index is 0.0108. The molecule has 0 aliphatic heterocycles. The fraction of sp³-hybridized carbons (Fsp3) is 0.440. The summed E-state index contributed by atoms with van der Waals surface area (Å²) >= 11 is 6.32. The average molecular weight is 429 g/mol. The second kappa shape index (κ2) is 11.2. The third-order valence-electron chi connectivity index (χ3n) is 5.17. The van der Waals surface area contributed by atoms with Crippen LogP contribution in [0.15, 0.2) is 48.5 Å². The number of aryl methyl sites for hydroxylation is 1. The highest BCUT2D eigenvalue weighted by Crippen LogP contribution is 2.20. The quantitative estimate of drug-likeness (QED) is 0.586. The Hall–Kier alpha value is -2.33. The van der Waals surface area contributed by atoms with Crippen LogP contribution in [0.3, 0.4) is 0 Å². The maximum absolute atomic E-state index is 13.1. The van der Waals surface area contributed by atoms with Crippen LogP contribution in [0.4, 0.5) is 0 Å². The SMILES string of the molecule is CC(C)NC(=O)C(C)N(Cc1ccccc1Cl)C(=O)CCc1ccc(C(C)C)cc1. The van der Waals surface area contributed by atoms with Crippen LogP contribution >= 0.6 is 11.6 Å². The Morgan fingerprint density at radius 3 is 2.17 bits per heavy atom. The van der Waals surface area contributed by atoms with Crippen LogP contribution in [-0.2, 0) is 22.6 Å². The standard InChI is InChI=1S/C25H33ClN2O2/c1-17(2)21-13-10-20(11-14-21)12-15-24(29)28(19(5)25(30)27-18(3)4)16-22-8-6-7-9-23(22)26/h6-11,13-14,17-19H,12,15-16H2,1-5H3,(H,27,30). The van der Waals surface area contributed by atoms with Gasteiger partial charge in [-0.25, -0.2) is 0 Å². The third kappa shape index (κ3) is 6.88. The van der Waals surface area contributed by atoms with Crippen LogP contribution in [0.2, 0.25) is 5.02 Å². The molecule has 1 atom stereocenters. The largest absolute Gasteiger partial charge is 0.352 e. The van der Waals surface area contributed by atoms with Gasteiger partial charge in [0.25, 0.3) is 0 Å². The minimum atomic E-state index is -0.584. The van der Waals surface area contributed by atoms with E-state index in [-0.39, 0.29) is 17.9 Å². The highest BCUT2D eigenvalue weighted by Gasteiger charge is 2.26. The molecule has 0 aliphatic rings. The number of hydrogen-bond acceptors (Lipinski definition) is 2. The van der Waals surface area contributed by atoms with Crippen molar-refractivity contribution in [2.45, 2.75) is 72.0 Å². The molecule has 0 heterocycles. The van der Waals surface area contributed by atoms with Crippen LogP contribution in [-0.4, -0.2) is 28.8 Å². The smallest absolute Gasteiger partial charge is 0.242 e. The van der Waals surface area contributed by atoms with Crippen molar-refractivity contribution in [2.75, 3.05) is 0 Å². The first-order valence-corrected chi connectivity index (χ1v) is 11.0. The summed E-state index contributed by atoms with van der Waals surface area (Å²) in [6.45, 7) is 10.2. The minimum Gasteiger partial charge on any atom is -0.352 e. The van der Waals surface area contributed by atoms with Gasteiger partial charge in [0.1, 0.15) is 6.04 Å². The van der Waals surface area contributed by atoms with Gasteiger partial charge in [0.15, 0.2) is 0 Å². The molecule has 5 heteroatoms. The molecule has 0 aromatic heterocycles. The molecule has 2 aromatic carbocycles. The Labute approximate surface area is 185 Å². The zero-order valence-electron chi connectivity index (χ0n) is 18.6. The molecule has 0 bridgehead atoms. The summed E-state index contributed by atoms with van der Waals surface area (Å²) in [6, 6.07) is 15.2. The van der Waals surface area contributed by atoms with Crippen molar-refractivity contribution in [3.8, 4) is 0 Å². The Morgan fingerprint density at radius 1 is 0.967 bits per heavy atom. The van der Waals surface area contributed by atoms with Gasteiger partial charge in [-0.05, 0) is 55.9 Å². The predicted molar refractivity (Wildman–Crippen MR) is 124 cm³/mol. The molecule has 2 aromatic rings. The van der Waals surface area contributed by atoms with Crippen molar-refractivity contribution in [3.63, 3.8) is 0 Å². The molecular weight excluding hydrogens is 396 g/mol. The second-order valence-electron chi connectivity index (χ2n) is 8.35. The number of benzene rings is 2. The number of amides is 2. The van der Waals surface area contributed by atoms with Crippen LogP contribution in [0.25, 0.3) is 0 Å². The van der Waals surface area contributed by atoms with Gasteiger partial charge in [0.2, 0.25) is 11.8 Å². The topological polar surface area (TPSA) is 49.4 Å². The molecule has 0 spiro atoms. The van der Waals surface area contributed by atoms with E-state index in [0.717, 1.165) is 11.1 Å². The maximum atomic E-state index is 13.1. The number of rotatable bonds is 9. The highest BCUT2D eigenvalue weighted by molar-refractivity contribution is 6.31. The zero-order chi connectivity index (χ0) is 22.3. The van der Waals surface area contributed by atoms with E-state index in [1.165, 1.54) is 5.56 Å². The predicted octanol–water partition coefficient (Wildman–Crippen LogP) is 5.34. The molecule has 0 saturated carbocycles. The summed E-state index contributed by atoms with van der Waals surface area (Å²) < 4.78 is 0. The Morgan fingerprint density at radius 2 is 1.60 bits per heavy atom. The van der Waals surface area contributed by atoms with Gasteiger partial charge >= 0.3 is 0 Å². The van der Waals surface area contributed by atoms with E-state index in [0.29, 0.717) is 30.3 Å². The summed E-state index contributed by atoms with van der Waals surface area (Å²) in [5.41, 5.74) is 3.23. The summed E-state index contributed by atoms with van der Waals surface area (Å²) in [4.78, 5) is 27.4. The fourth-order valence-corrected chi connectivity index (χ4v) is 3.46. The van der Waals surface area contributed by atoms with E-state index in [9.17, 15) is 9.59 Å². The van der Waals surface area contributed by atoms with Gasteiger partial charge in [-0.3, -0.25) is 9.59 Å². The number of halogens is 1. The molecule has 30 heavy (non-hydrogen) atoms. The van der Waals surface area contributed by atoms with E-state index in [1.807, 2.05) is 32.0 Å². The molecule has 1 N–H and O–H groups in total. The van der Waals surface area contributed by atoms with Crippen molar-refractivity contribution >= 4 is 23.4 Å². The van der Waals surface area contributed by atoms with E-state index < -0.39 is 6.04 Å². The van der Waals surface area contributed by atoms with Gasteiger partial charge in [-0.15, -0.1) is 0 Å². The molecule has 1 unspecified atom stereocenters. The molecule has 0 saturated heterocycles. The van der Waals surface area contributed by atoms with Gasteiger partial charge in [0.05, 0.1) is 0 Å². The second-order valence-corrected chi connectivity index (χ2v) is 8.76. The van der Waals surface area contributed by atoms with Gasteiger partial charge in [0, 0.05) is 24.0 Å². The number of nitrogens with one attached hydrogen (secondary N) is 1. The maximum Gasteiger partial charge on any atom is 0.242 e. The zero-order valence-corrected chi connectivity index (χ0v) is 19.4. The monoisotopic (exact) mass is 428 g/mol. The van der Waals surface area contributed by atoms with Crippen LogP contribution in [0.5, 0.6) is 0 Å². The molecule has 0 fully saturated rings. The van der Waals surface area contributed by atoms with Crippen molar-refractivity contribution in [1.82, 2.24) is 10.2 Å². The number of carbonyl (C=O) groups is 2. The normalized spacial score (nSPS) is 12.1. The fourth-order valence-electron chi connectivity index (χ4n) is 3.26. The Balaban J connectivity index is 2.14. The summed E-state index contributed by atoms with van der Waals surface area (Å²) in [5.74, 6) is 0.257. The Kier molecular flexibility index (Phi) is 8.91. The number of hydrogen-bond donors (Lipinski definition) is 1. The summed E-state index contributed by atoms with van der Waals surface area (Å²) in [6.07, 6.45) is 0.972. The first-order chi connectivity index (χ1) is 14.2. The van der Waals surface area contributed by atoms with Crippen molar-refractivity contribution in [2.24, 2.45) is 0 Å². The summed E-state index contributed by atoms with van der Waals surface area (Å²) in [7, 11) is 0. The lowest BCUT2D eigenvalue weighted by Gasteiger charge is -2.29. The van der Waals surface area contributed by atoms with Crippen LogP contribution < -0.4 is 5.32 Å². The molecule has 2 rings (SSSR count). The molecule has 4 nitrogen and oxygen atoms in total. The molecule has 0 aliphatic carbocycles. The molecular formula is C25H33ClN2O2. The Bertz CT molecular complexity index is 846. The van der Waals surface area contributed by atoms with Crippen LogP contribution in [0.1, 0.15) is 63.6 Å². The lowest BCUT2D eigenvalue weighted by atomic mass is 10.00. The number of carbonyl (C=O) groups excluding carboxylic acids is 2. The molecule has 162 valence electrons. The van der Waals surface area contributed by atoms with Crippen molar-refractivity contribution in [1.29, 1.82) is 0 Å². The van der Waals surface area contributed by atoms with E-state index in [1.54, 1.807) is 17.9 Å². The third-order valence-corrected chi connectivity index (χ3v) is 5.54. The summed E-state index contributed by atoms with van der Waals surface area (Å²) in [5, 5.41) is 3.50. The lowest BCUT2D eigenvalue weighted by Crippen LogP contribution is -2.49. The van der Waals surface area contributed by atoms with E-state index in [4.69, 9.17) is 11.6 Å².